The molecule has 0 aliphatic heterocycles. The van der Waals surface area contributed by atoms with Gasteiger partial charge in [0.2, 0.25) is 5.78 Å². The molecule has 0 atom stereocenters. The van der Waals surface area contributed by atoms with Gasteiger partial charge in [-0.15, -0.1) is 0 Å². The van der Waals surface area contributed by atoms with E-state index in [2.05, 4.69) is 5.10 Å². The first-order valence-electron chi connectivity index (χ1n) is 4.38. The van der Waals surface area contributed by atoms with Crippen molar-refractivity contribution >= 4 is 5.78 Å². The number of ketones is 1. The predicted octanol–water partition coefficient (Wildman–Crippen LogP) is 1.96. The summed E-state index contributed by atoms with van der Waals surface area (Å²) >= 11 is 0. The van der Waals surface area contributed by atoms with Gasteiger partial charge in [-0.3, -0.25) is 9.48 Å². The van der Waals surface area contributed by atoms with E-state index in [4.69, 9.17) is 0 Å². The Balaban J connectivity index is 2.98. The predicted molar refractivity (Wildman–Crippen MR) is 51.6 cm³/mol. The van der Waals surface area contributed by atoms with Crippen LogP contribution < -0.4 is 0 Å². The maximum Gasteiger partial charge on any atom is 0.206 e. The van der Waals surface area contributed by atoms with Crippen molar-refractivity contribution < 1.29 is 4.79 Å². The Morgan fingerprint density at radius 3 is 2.77 bits per heavy atom. The second-order valence-electron chi connectivity index (χ2n) is 2.84. The van der Waals surface area contributed by atoms with Gasteiger partial charge in [-0.2, -0.15) is 5.10 Å². The van der Waals surface area contributed by atoms with Crippen molar-refractivity contribution in [2.75, 3.05) is 0 Å². The van der Waals surface area contributed by atoms with Crippen LogP contribution >= 0.6 is 0 Å². The quantitative estimate of drug-likeness (QED) is 0.524. The fourth-order valence-corrected chi connectivity index (χ4v) is 1.26. The zero-order valence-corrected chi connectivity index (χ0v) is 8.24. The van der Waals surface area contributed by atoms with Crippen LogP contribution in [-0.4, -0.2) is 15.6 Å². The third-order valence-corrected chi connectivity index (χ3v) is 2.07. The minimum absolute atomic E-state index is 0.0741. The van der Waals surface area contributed by atoms with E-state index < -0.39 is 0 Å². The van der Waals surface area contributed by atoms with E-state index >= 15 is 0 Å². The minimum atomic E-state index is 0.0741. The zero-order chi connectivity index (χ0) is 9.84. The van der Waals surface area contributed by atoms with Crippen molar-refractivity contribution in [2.24, 2.45) is 7.05 Å². The molecule has 0 aromatic carbocycles. The van der Waals surface area contributed by atoms with Crippen LogP contribution in [0, 0.1) is 0 Å². The Morgan fingerprint density at radius 1 is 1.69 bits per heavy atom. The van der Waals surface area contributed by atoms with Crippen molar-refractivity contribution in [3.63, 3.8) is 0 Å². The number of hydrogen-bond acceptors (Lipinski definition) is 2. The Bertz CT molecular complexity index is 336. The number of aryl methyl sites for hydroxylation is 1. The largest absolute Gasteiger partial charge is 0.287 e. The third kappa shape index (κ3) is 1.86. The highest BCUT2D eigenvalue weighted by Gasteiger charge is 2.12. The fraction of sp³-hybridized carbons (Fsp3) is 0.400. The molecular weight excluding hydrogens is 164 g/mol. The molecule has 0 fully saturated rings. The van der Waals surface area contributed by atoms with Crippen LogP contribution in [0.2, 0.25) is 0 Å². The maximum atomic E-state index is 11.8. The molecule has 0 aliphatic rings. The average molecular weight is 178 g/mol. The normalized spacial score (nSPS) is 11.8. The number of hydrogen-bond donors (Lipinski definition) is 0. The molecule has 0 unspecified atom stereocenters. The molecule has 1 aromatic heterocycles. The van der Waals surface area contributed by atoms with E-state index in [1.807, 2.05) is 19.9 Å². The minimum Gasteiger partial charge on any atom is -0.287 e. The van der Waals surface area contributed by atoms with Crippen LogP contribution in [0.5, 0.6) is 0 Å². The second-order valence-corrected chi connectivity index (χ2v) is 2.84. The van der Waals surface area contributed by atoms with Crippen LogP contribution in [0.25, 0.3) is 0 Å². The number of carbonyl (C=O) groups excluding carboxylic acids is 1. The number of Topliss-reactive ketones (excluding diaryl/α,β-unsaturated/α-hetero) is 1. The lowest BCUT2D eigenvalue weighted by molar-refractivity contribution is 0.102. The van der Waals surface area contributed by atoms with Gasteiger partial charge in [-0.25, -0.2) is 0 Å². The molecule has 0 bridgehead atoms. The smallest absolute Gasteiger partial charge is 0.206 e. The van der Waals surface area contributed by atoms with Crippen molar-refractivity contribution in [3.8, 4) is 0 Å². The van der Waals surface area contributed by atoms with Crippen molar-refractivity contribution in [2.45, 2.75) is 20.3 Å². The van der Waals surface area contributed by atoms with Crippen molar-refractivity contribution in [1.29, 1.82) is 0 Å². The van der Waals surface area contributed by atoms with E-state index in [-0.39, 0.29) is 5.78 Å². The van der Waals surface area contributed by atoms with Gasteiger partial charge >= 0.3 is 0 Å². The average Bonchev–Trinajstić information content (AvgIpc) is 2.53. The topological polar surface area (TPSA) is 34.9 Å². The number of nitrogens with zero attached hydrogens (tertiary/aromatic N) is 2. The van der Waals surface area contributed by atoms with E-state index in [1.54, 1.807) is 24.0 Å². The van der Waals surface area contributed by atoms with Gasteiger partial charge in [0.1, 0.15) is 5.69 Å². The fourth-order valence-electron chi connectivity index (χ4n) is 1.26. The molecule has 0 amide bonds. The standard InChI is InChI=1S/C10H14N2O/c1-4-8(5-2)10(13)9-6-7-11-12(9)3/h4,6-7H,5H2,1-3H3. The number of carbonyl (C=O) groups is 1. The molecule has 0 N–H and O–H groups in total. The molecule has 70 valence electrons. The lowest BCUT2D eigenvalue weighted by atomic mass is 10.1. The Morgan fingerprint density at radius 2 is 2.38 bits per heavy atom. The van der Waals surface area contributed by atoms with E-state index in [0.717, 1.165) is 12.0 Å². The van der Waals surface area contributed by atoms with Gasteiger partial charge < -0.3 is 0 Å². The highest BCUT2D eigenvalue weighted by Crippen LogP contribution is 2.09. The molecular formula is C10H14N2O. The van der Waals surface area contributed by atoms with Gasteiger partial charge in [0.05, 0.1) is 0 Å². The van der Waals surface area contributed by atoms with Crippen LogP contribution in [0.15, 0.2) is 23.9 Å². The van der Waals surface area contributed by atoms with Crippen LogP contribution in [0.1, 0.15) is 30.8 Å². The Labute approximate surface area is 78.1 Å². The molecule has 13 heavy (non-hydrogen) atoms. The van der Waals surface area contributed by atoms with E-state index in [1.165, 1.54) is 0 Å². The summed E-state index contributed by atoms with van der Waals surface area (Å²) in [7, 11) is 1.77. The Hall–Kier alpha value is -1.38. The SMILES string of the molecule is CC=C(CC)C(=O)c1ccnn1C. The lowest BCUT2D eigenvalue weighted by Crippen LogP contribution is -2.08. The summed E-state index contributed by atoms with van der Waals surface area (Å²) in [6, 6.07) is 1.74. The summed E-state index contributed by atoms with van der Waals surface area (Å²) in [6.45, 7) is 3.86. The first kappa shape index (κ1) is 9.71. The molecule has 1 aromatic rings. The van der Waals surface area contributed by atoms with Gasteiger partial charge in [0.15, 0.2) is 0 Å². The summed E-state index contributed by atoms with van der Waals surface area (Å²) in [6.07, 6.45) is 4.26. The summed E-state index contributed by atoms with van der Waals surface area (Å²) < 4.78 is 1.60. The summed E-state index contributed by atoms with van der Waals surface area (Å²) in [5.41, 5.74) is 1.48. The number of aromatic nitrogens is 2. The van der Waals surface area contributed by atoms with Gasteiger partial charge in [0.25, 0.3) is 0 Å². The lowest BCUT2D eigenvalue weighted by Gasteiger charge is -2.02. The highest BCUT2D eigenvalue weighted by atomic mass is 16.1. The molecule has 0 saturated carbocycles. The first-order valence-corrected chi connectivity index (χ1v) is 4.38. The monoisotopic (exact) mass is 178 g/mol. The van der Waals surface area contributed by atoms with Crippen LogP contribution in [-0.2, 0) is 7.05 Å². The second kappa shape index (κ2) is 4.03. The summed E-state index contributed by atoms with van der Waals surface area (Å²) in [5.74, 6) is 0.0741. The van der Waals surface area contributed by atoms with Crippen molar-refractivity contribution in [3.05, 3.63) is 29.6 Å². The van der Waals surface area contributed by atoms with Gasteiger partial charge in [0, 0.05) is 13.2 Å². The van der Waals surface area contributed by atoms with Crippen molar-refractivity contribution in [1.82, 2.24) is 9.78 Å². The van der Waals surface area contributed by atoms with Crippen LogP contribution in [0.3, 0.4) is 0 Å². The van der Waals surface area contributed by atoms with E-state index in [0.29, 0.717) is 5.69 Å². The molecule has 3 nitrogen and oxygen atoms in total. The molecule has 0 aliphatic carbocycles. The molecule has 1 heterocycles. The van der Waals surface area contributed by atoms with E-state index in [9.17, 15) is 4.79 Å². The molecule has 0 radical (unpaired) electrons. The maximum absolute atomic E-state index is 11.8. The summed E-state index contributed by atoms with van der Waals surface area (Å²) in [4.78, 5) is 11.8. The number of rotatable bonds is 3. The molecule has 3 heteroatoms. The summed E-state index contributed by atoms with van der Waals surface area (Å²) in [5, 5.41) is 3.96. The first-order chi connectivity index (χ1) is 6.20. The molecule has 0 spiro atoms. The molecule has 1 rings (SSSR count). The molecule has 0 saturated heterocycles. The number of allylic oxidation sites excluding steroid dienone is 2. The Kier molecular flexibility index (Phi) is 3.01. The van der Waals surface area contributed by atoms with Gasteiger partial charge in [-0.1, -0.05) is 13.0 Å². The van der Waals surface area contributed by atoms with Gasteiger partial charge in [-0.05, 0) is 25.0 Å². The van der Waals surface area contributed by atoms with Crippen LogP contribution in [0.4, 0.5) is 0 Å². The third-order valence-electron chi connectivity index (χ3n) is 2.07. The zero-order valence-electron chi connectivity index (χ0n) is 8.24. The highest BCUT2D eigenvalue weighted by molar-refractivity contribution is 6.07.